The summed E-state index contributed by atoms with van der Waals surface area (Å²) >= 11 is 0. The van der Waals surface area contributed by atoms with Gasteiger partial charge in [0.2, 0.25) is 0 Å². The number of alkyl carbamates (subject to hydrolysis) is 1. The lowest BCUT2D eigenvalue weighted by molar-refractivity contribution is -0.175. The minimum absolute atomic E-state index is 0.0197. The van der Waals surface area contributed by atoms with E-state index in [1.54, 1.807) is 0 Å². The van der Waals surface area contributed by atoms with E-state index in [1.807, 2.05) is 6.92 Å². The predicted molar refractivity (Wildman–Crippen MR) is 52.3 cm³/mol. The molecule has 0 bridgehead atoms. The highest BCUT2D eigenvalue weighted by Crippen LogP contribution is 2.12. The molecule has 17 heavy (non-hydrogen) atoms. The van der Waals surface area contributed by atoms with Gasteiger partial charge in [-0.3, -0.25) is 14.4 Å². The van der Waals surface area contributed by atoms with Crippen molar-refractivity contribution in [3.63, 3.8) is 0 Å². The smallest absolute Gasteiger partial charge is 0.342 e. The van der Waals surface area contributed by atoms with Crippen LogP contribution < -0.4 is 5.32 Å². The molecule has 0 saturated carbocycles. The van der Waals surface area contributed by atoms with Gasteiger partial charge in [-0.2, -0.15) is 0 Å². The normalized spacial score (nSPS) is 14.8. The summed E-state index contributed by atoms with van der Waals surface area (Å²) in [5.74, 6) is -1.28. The van der Waals surface area contributed by atoms with E-state index in [9.17, 15) is 19.2 Å². The summed E-state index contributed by atoms with van der Waals surface area (Å²) in [6.07, 6.45) is -1.77. The molecule has 1 aliphatic rings. The molecule has 0 aromatic rings. The second kappa shape index (κ2) is 5.83. The number of carbonyl (C=O) groups is 4. The SMILES string of the molecule is CCCNC(=O)OC(=O)ON1C(=O)CCC1=O. The first kappa shape index (κ1) is 12.9. The largest absolute Gasteiger partial charge is 0.543 e. The summed E-state index contributed by atoms with van der Waals surface area (Å²) in [7, 11) is 0. The minimum atomic E-state index is -1.41. The number of hydrogen-bond acceptors (Lipinski definition) is 6. The number of rotatable bonds is 3. The Balaban J connectivity index is 2.36. The van der Waals surface area contributed by atoms with E-state index >= 15 is 0 Å². The van der Waals surface area contributed by atoms with E-state index in [-0.39, 0.29) is 12.8 Å². The van der Waals surface area contributed by atoms with Crippen LogP contribution in [-0.4, -0.2) is 35.7 Å². The van der Waals surface area contributed by atoms with Gasteiger partial charge < -0.3 is 10.1 Å². The first-order valence-corrected chi connectivity index (χ1v) is 5.08. The van der Waals surface area contributed by atoms with Crippen molar-refractivity contribution < 1.29 is 28.8 Å². The number of nitrogens with one attached hydrogen (secondary N) is 1. The molecule has 0 radical (unpaired) electrons. The molecule has 3 amide bonds. The summed E-state index contributed by atoms with van der Waals surface area (Å²) in [6, 6.07) is 0. The number of imide groups is 1. The van der Waals surface area contributed by atoms with Crippen LogP contribution in [0.25, 0.3) is 0 Å². The monoisotopic (exact) mass is 244 g/mol. The van der Waals surface area contributed by atoms with Gasteiger partial charge in [0.25, 0.3) is 11.8 Å². The third-order valence-electron chi connectivity index (χ3n) is 1.87. The topological polar surface area (TPSA) is 102 Å². The molecule has 1 rings (SSSR count). The molecule has 0 spiro atoms. The molecule has 8 nitrogen and oxygen atoms in total. The fourth-order valence-electron chi connectivity index (χ4n) is 1.09. The maximum atomic E-state index is 11.0. The van der Waals surface area contributed by atoms with Crippen LogP contribution in [0.1, 0.15) is 26.2 Å². The van der Waals surface area contributed by atoms with Gasteiger partial charge in [-0.1, -0.05) is 12.0 Å². The van der Waals surface area contributed by atoms with E-state index in [0.717, 1.165) is 0 Å². The van der Waals surface area contributed by atoms with Crippen molar-refractivity contribution in [2.75, 3.05) is 6.54 Å². The third kappa shape index (κ3) is 3.74. The second-order valence-electron chi connectivity index (χ2n) is 3.24. The van der Waals surface area contributed by atoms with Gasteiger partial charge in [-0.15, -0.1) is 0 Å². The number of hydroxylamine groups is 2. The van der Waals surface area contributed by atoms with Gasteiger partial charge in [-0.05, 0) is 6.42 Å². The highest BCUT2D eigenvalue weighted by molar-refractivity contribution is 6.01. The zero-order valence-electron chi connectivity index (χ0n) is 9.23. The summed E-state index contributed by atoms with van der Waals surface area (Å²) < 4.78 is 4.15. The Kier molecular flexibility index (Phi) is 4.44. The van der Waals surface area contributed by atoms with Gasteiger partial charge in [0.05, 0.1) is 0 Å². The predicted octanol–water partition coefficient (Wildman–Crippen LogP) is 0.323. The Morgan fingerprint density at radius 3 is 2.41 bits per heavy atom. The van der Waals surface area contributed by atoms with Gasteiger partial charge >= 0.3 is 12.2 Å². The van der Waals surface area contributed by atoms with Crippen molar-refractivity contribution in [3.05, 3.63) is 0 Å². The lowest BCUT2D eigenvalue weighted by Gasteiger charge is -2.11. The molecular formula is C9H12N2O6. The fourth-order valence-corrected chi connectivity index (χ4v) is 1.09. The van der Waals surface area contributed by atoms with E-state index < -0.39 is 24.1 Å². The zero-order valence-corrected chi connectivity index (χ0v) is 9.23. The molecule has 8 heteroatoms. The molecule has 1 heterocycles. The van der Waals surface area contributed by atoms with Crippen LogP contribution in [0.5, 0.6) is 0 Å². The molecule has 0 unspecified atom stereocenters. The van der Waals surface area contributed by atoms with Crippen LogP contribution in [0.4, 0.5) is 9.59 Å². The van der Waals surface area contributed by atoms with Crippen LogP contribution >= 0.6 is 0 Å². The van der Waals surface area contributed by atoms with Crippen LogP contribution in [0, 0.1) is 0 Å². The second-order valence-corrected chi connectivity index (χ2v) is 3.24. The number of hydrogen-bond donors (Lipinski definition) is 1. The van der Waals surface area contributed by atoms with Crippen LogP contribution in [0.2, 0.25) is 0 Å². The summed E-state index contributed by atoms with van der Waals surface area (Å²) in [5.41, 5.74) is 0. The van der Waals surface area contributed by atoms with E-state index in [0.29, 0.717) is 18.0 Å². The molecule has 1 aliphatic heterocycles. The Bertz CT molecular complexity index is 337. The van der Waals surface area contributed by atoms with Crippen molar-refractivity contribution in [1.82, 2.24) is 10.4 Å². The van der Waals surface area contributed by atoms with Crippen LogP contribution in [0.15, 0.2) is 0 Å². The van der Waals surface area contributed by atoms with Crippen molar-refractivity contribution >= 4 is 24.1 Å². The average Bonchev–Trinajstić information content (AvgIpc) is 2.58. The molecule has 1 N–H and O–H groups in total. The summed E-state index contributed by atoms with van der Waals surface area (Å²) in [6.45, 7) is 2.16. The van der Waals surface area contributed by atoms with Crippen LogP contribution in [0.3, 0.4) is 0 Å². The maximum absolute atomic E-state index is 11.0. The Morgan fingerprint density at radius 2 is 1.88 bits per heavy atom. The third-order valence-corrected chi connectivity index (χ3v) is 1.87. The number of ether oxygens (including phenoxy) is 1. The van der Waals surface area contributed by atoms with E-state index in [4.69, 9.17) is 0 Å². The Morgan fingerprint density at radius 1 is 1.29 bits per heavy atom. The Hall–Kier alpha value is -2.12. The fraction of sp³-hybridized carbons (Fsp3) is 0.556. The first-order valence-electron chi connectivity index (χ1n) is 5.08. The lowest BCUT2D eigenvalue weighted by atomic mass is 10.4. The van der Waals surface area contributed by atoms with Gasteiger partial charge in [0, 0.05) is 19.4 Å². The van der Waals surface area contributed by atoms with Crippen LogP contribution in [-0.2, 0) is 19.2 Å². The highest BCUT2D eigenvalue weighted by Gasteiger charge is 2.33. The lowest BCUT2D eigenvalue weighted by Crippen LogP contribution is -2.35. The van der Waals surface area contributed by atoms with Crippen molar-refractivity contribution in [1.29, 1.82) is 0 Å². The number of nitrogens with zero attached hydrogens (tertiary/aromatic N) is 1. The molecular weight excluding hydrogens is 232 g/mol. The van der Waals surface area contributed by atoms with E-state index in [2.05, 4.69) is 14.9 Å². The average molecular weight is 244 g/mol. The molecule has 1 fully saturated rings. The van der Waals surface area contributed by atoms with Gasteiger partial charge in [0.1, 0.15) is 0 Å². The van der Waals surface area contributed by atoms with Gasteiger partial charge in [-0.25, -0.2) is 9.59 Å². The van der Waals surface area contributed by atoms with Crippen molar-refractivity contribution in [2.24, 2.45) is 0 Å². The molecule has 0 aromatic heterocycles. The first-order chi connectivity index (χ1) is 8.04. The quantitative estimate of drug-likeness (QED) is 0.436. The van der Waals surface area contributed by atoms with E-state index in [1.165, 1.54) is 0 Å². The van der Waals surface area contributed by atoms with Crippen molar-refractivity contribution in [2.45, 2.75) is 26.2 Å². The number of amides is 3. The Labute approximate surface area is 96.8 Å². The summed E-state index contributed by atoms with van der Waals surface area (Å²) in [4.78, 5) is 48.3. The summed E-state index contributed by atoms with van der Waals surface area (Å²) in [5, 5.41) is 2.56. The number of carbonyl (C=O) groups excluding carboxylic acids is 4. The minimum Gasteiger partial charge on any atom is -0.342 e. The zero-order chi connectivity index (χ0) is 12.8. The highest BCUT2D eigenvalue weighted by atomic mass is 16.8. The molecule has 94 valence electrons. The maximum Gasteiger partial charge on any atom is 0.543 e. The molecule has 0 aliphatic carbocycles. The molecule has 0 aromatic carbocycles. The molecule has 0 atom stereocenters. The van der Waals surface area contributed by atoms with Crippen molar-refractivity contribution in [3.8, 4) is 0 Å². The molecule has 1 saturated heterocycles. The van der Waals surface area contributed by atoms with Gasteiger partial charge in [0.15, 0.2) is 0 Å². The standard InChI is InChI=1S/C9H12N2O6/c1-2-5-10-8(14)16-9(15)17-11-6(12)3-4-7(11)13/h2-5H2,1H3,(H,10,14).